The molecule has 2 rings (SSSR count). The highest BCUT2D eigenvalue weighted by Gasteiger charge is 2.08. The summed E-state index contributed by atoms with van der Waals surface area (Å²) in [5, 5.41) is 0.749. The van der Waals surface area contributed by atoms with E-state index in [1.165, 1.54) is 3.57 Å². The van der Waals surface area contributed by atoms with Gasteiger partial charge in [0, 0.05) is 8.59 Å². The second-order valence-electron chi connectivity index (χ2n) is 3.85. The Hall–Kier alpha value is -0.250. The minimum atomic E-state index is -0.00883. The summed E-state index contributed by atoms with van der Waals surface area (Å²) in [5.74, 6) is 0. The normalized spacial score (nSPS) is 12.4. The highest BCUT2D eigenvalue weighted by molar-refractivity contribution is 14.1. The van der Waals surface area contributed by atoms with Gasteiger partial charge in [-0.3, -0.25) is 0 Å². The first-order valence-corrected chi connectivity index (χ1v) is 7.18. The molecule has 0 saturated carbocycles. The van der Waals surface area contributed by atoms with E-state index in [9.17, 15) is 0 Å². The summed E-state index contributed by atoms with van der Waals surface area (Å²) in [5.41, 5.74) is 2.31. The van der Waals surface area contributed by atoms with E-state index in [0.29, 0.717) is 0 Å². The number of hydrogen-bond acceptors (Lipinski definition) is 0. The van der Waals surface area contributed by atoms with Crippen molar-refractivity contribution in [1.29, 1.82) is 0 Å². The van der Waals surface area contributed by atoms with E-state index < -0.39 is 0 Å². The quantitative estimate of drug-likeness (QED) is 0.492. The number of benzene rings is 2. The largest absolute Gasteiger partial charge is 0.117 e. The number of halogens is 3. The smallest absolute Gasteiger partial charge is 0.0625 e. The lowest BCUT2D eigenvalue weighted by molar-refractivity contribution is 0.919. The summed E-state index contributed by atoms with van der Waals surface area (Å²) >= 11 is 14.6. The maximum Gasteiger partial charge on any atom is 0.0625 e. The summed E-state index contributed by atoms with van der Waals surface area (Å²) in [4.78, 5) is 0. The van der Waals surface area contributed by atoms with Crippen molar-refractivity contribution < 1.29 is 0 Å². The van der Waals surface area contributed by atoms with Crippen LogP contribution in [0.25, 0.3) is 0 Å². The number of hydrogen-bond donors (Lipinski definition) is 0. The Morgan fingerprint density at radius 1 is 1.06 bits per heavy atom. The molecule has 0 nitrogen and oxygen atoms in total. The summed E-state index contributed by atoms with van der Waals surface area (Å²) < 4.78 is 1.22. The lowest BCUT2D eigenvalue weighted by Crippen LogP contribution is -1.95. The third kappa shape index (κ3) is 3.87. The molecule has 0 radical (unpaired) electrons. The Kier molecular flexibility index (Phi) is 4.71. The second-order valence-corrected chi connectivity index (χ2v) is 6.06. The van der Waals surface area contributed by atoms with Gasteiger partial charge in [-0.1, -0.05) is 35.9 Å². The molecule has 0 bridgehead atoms. The van der Waals surface area contributed by atoms with Crippen LogP contribution < -0.4 is 0 Å². The summed E-state index contributed by atoms with van der Waals surface area (Å²) in [6.07, 6.45) is 0.794. The Morgan fingerprint density at radius 2 is 1.76 bits per heavy atom. The molecule has 17 heavy (non-hydrogen) atoms. The van der Waals surface area contributed by atoms with E-state index in [2.05, 4.69) is 46.9 Å². The molecule has 1 atom stereocenters. The monoisotopic (exact) mass is 376 g/mol. The van der Waals surface area contributed by atoms with E-state index in [4.69, 9.17) is 23.2 Å². The molecular formula is C14H11Cl2I. The molecule has 2 aromatic rings. The zero-order valence-electron chi connectivity index (χ0n) is 9.04. The van der Waals surface area contributed by atoms with Crippen LogP contribution in [0.2, 0.25) is 5.02 Å². The molecular weight excluding hydrogens is 366 g/mol. The number of alkyl halides is 1. The maximum absolute atomic E-state index is 6.40. The number of rotatable bonds is 3. The van der Waals surface area contributed by atoms with Crippen molar-refractivity contribution in [3.05, 3.63) is 68.3 Å². The van der Waals surface area contributed by atoms with Gasteiger partial charge in [0.25, 0.3) is 0 Å². The van der Waals surface area contributed by atoms with Crippen molar-refractivity contribution in [3.8, 4) is 0 Å². The van der Waals surface area contributed by atoms with Gasteiger partial charge in [-0.15, -0.1) is 11.6 Å². The molecule has 0 aliphatic rings. The van der Waals surface area contributed by atoms with Crippen molar-refractivity contribution in [2.45, 2.75) is 11.8 Å². The highest BCUT2D eigenvalue weighted by atomic mass is 127. The third-order valence-electron chi connectivity index (χ3n) is 2.54. The van der Waals surface area contributed by atoms with Gasteiger partial charge in [-0.2, -0.15) is 0 Å². The molecule has 88 valence electrons. The van der Waals surface area contributed by atoms with Gasteiger partial charge in [0.05, 0.1) is 5.38 Å². The lowest BCUT2D eigenvalue weighted by Gasteiger charge is -2.10. The topological polar surface area (TPSA) is 0 Å². The fraction of sp³-hybridized carbons (Fsp3) is 0.143. The fourth-order valence-electron chi connectivity index (χ4n) is 1.66. The molecule has 0 N–H and O–H groups in total. The first-order valence-electron chi connectivity index (χ1n) is 5.29. The predicted molar refractivity (Wildman–Crippen MR) is 82.9 cm³/mol. The van der Waals surface area contributed by atoms with Gasteiger partial charge in [0.2, 0.25) is 0 Å². The van der Waals surface area contributed by atoms with Crippen molar-refractivity contribution in [1.82, 2.24) is 0 Å². The van der Waals surface area contributed by atoms with Crippen LogP contribution in [0.4, 0.5) is 0 Å². The first kappa shape index (κ1) is 13.2. The molecule has 2 aromatic carbocycles. The summed E-state index contributed by atoms with van der Waals surface area (Å²) in [6.45, 7) is 0. The van der Waals surface area contributed by atoms with Crippen LogP contribution in [-0.4, -0.2) is 0 Å². The summed E-state index contributed by atoms with van der Waals surface area (Å²) in [7, 11) is 0. The predicted octanol–water partition coefficient (Wildman–Crippen LogP) is 5.47. The molecule has 0 aliphatic carbocycles. The van der Waals surface area contributed by atoms with Crippen molar-refractivity contribution in [2.24, 2.45) is 0 Å². The molecule has 1 unspecified atom stereocenters. The minimum Gasteiger partial charge on any atom is -0.117 e. The third-order valence-corrected chi connectivity index (χ3v) is 3.90. The van der Waals surface area contributed by atoms with Crippen LogP contribution in [-0.2, 0) is 6.42 Å². The van der Waals surface area contributed by atoms with Gasteiger partial charge in [0.15, 0.2) is 0 Å². The zero-order valence-corrected chi connectivity index (χ0v) is 12.7. The molecule has 0 aliphatic heterocycles. The Balaban J connectivity index is 2.11. The van der Waals surface area contributed by atoms with Crippen LogP contribution in [0.3, 0.4) is 0 Å². The Bertz CT molecular complexity index is 494. The SMILES string of the molecule is Clc1cccc(CC(Cl)c2ccc(I)cc2)c1. The highest BCUT2D eigenvalue weighted by Crippen LogP contribution is 2.26. The van der Waals surface area contributed by atoms with E-state index in [-0.39, 0.29) is 5.38 Å². The van der Waals surface area contributed by atoms with E-state index in [1.807, 2.05) is 24.3 Å². The zero-order chi connectivity index (χ0) is 12.3. The van der Waals surface area contributed by atoms with Crippen molar-refractivity contribution in [3.63, 3.8) is 0 Å². The van der Waals surface area contributed by atoms with Crippen LogP contribution in [0.5, 0.6) is 0 Å². The maximum atomic E-state index is 6.40. The van der Waals surface area contributed by atoms with Crippen molar-refractivity contribution >= 4 is 45.8 Å². The Labute approximate surface area is 125 Å². The molecule has 3 heteroatoms. The molecule has 0 amide bonds. The lowest BCUT2D eigenvalue weighted by atomic mass is 10.0. The molecule has 0 aromatic heterocycles. The average molecular weight is 377 g/mol. The van der Waals surface area contributed by atoms with Crippen LogP contribution in [0, 0.1) is 3.57 Å². The van der Waals surface area contributed by atoms with Gasteiger partial charge >= 0.3 is 0 Å². The molecule has 0 spiro atoms. The van der Waals surface area contributed by atoms with Crippen LogP contribution in [0.15, 0.2) is 48.5 Å². The average Bonchev–Trinajstić information content (AvgIpc) is 2.29. The van der Waals surface area contributed by atoms with E-state index >= 15 is 0 Å². The Morgan fingerprint density at radius 3 is 2.41 bits per heavy atom. The van der Waals surface area contributed by atoms with E-state index in [1.54, 1.807) is 0 Å². The van der Waals surface area contributed by atoms with Crippen molar-refractivity contribution in [2.75, 3.05) is 0 Å². The van der Waals surface area contributed by atoms with Gasteiger partial charge in [-0.05, 0) is 64.4 Å². The minimum absolute atomic E-state index is 0.00883. The van der Waals surface area contributed by atoms with Gasteiger partial charge in [0.1, 0.15) is 0 Å². The molecule has 0 heterocycles. The first-order chi connectivity index (χ1) is 8.15. The molecule has 0 saturated heterocycles. The van der Waals surface area contributed by atoms with Crippen LogP contribution >= 0.6 is 45.8 Å². The molecule has 0 fully saturated rings. The van der Waals surface area contributed by atoms with Gasteiger partial charge < -0.3 is 0 Å². The summed E-state index contributed by atoms with van der Waals surface area (Å²) in [6, 6.07) is 16.1. The van der Waals surface area contributed by atoms with Crippen LogP contribution in [0.1, 0.15) is 16.5 Å². The second kappa shape index (κ2) is 6.07. The van der Waals surface area contributed by atoms with Gasteiger partial charge in [-0.25, -0.2) is 0 Å². The fourth-order valence-corrected chi connectivity index (χ4v) is 2.56. The standard InChI is InChI=1S/C14H11Cl2I/c15-12-3-1-2-10(8-12)9-14(16)11-4-6-13(17)7-5-11/h1-8,14H,9H2. The van der Waals surface area contributed by atoms with E-state index in [0.717, 1.165) is 22.6 Å².